The Morgan fingerprint density at radius 3 is 2.50 bits per heavy atom. The third kappa shape index (κ3) is 4.26. The minimum Gasteiger partial charge on any atom is -0.351 e. The number of carbonyl (C=O) groups is 2. The Kier molecular flexibility index (Phi) is 6.17. The lowest BCUT2D eigenvalue weighted by molar-refractivity contribution is -0.127. The smallest absolute Gasteiger partial charge is 0.269 e. The molecule has 1 aromatic carbocycles. The Bertz CT molecular complexity index is 862. The lowest BCUT2D eigenvalue weighted by Crippen LogP contribution is -2.31. The zero-order chi connectivity index (χ0) is 20.3. The summed E-state index contributed by atoms with van der Waals surface area (Å²) in [6, 6.07) is 6.17. The van der Waals surface area contributed by atoms with E-state index in [4.69, 9.17) is 0 Å². The highest BCUT2D eigenvalue weighted by Gasteiger charge is 2.20. The van der Waals surface area contributed by atoms with Crippen molar-refractivity contribution in [2.45, 2.75) is 53.5 Å². The van der Waals surface area contributed by atoms with E-state index < -0.39 is 0 Å². The second-order valence-corrected chi connectivity index (χ2v) is 7.60. The molecule has 150 valence electrons. The topological polar surface area (TPSA) is 67.2 Å². The van der Waals surface area contributed by atoms with Gasteiger partial charge >= 0.3 is 0 Å². The summed E-state index contributed by atoms with van der Waals surface area (Å²) < 4.78 is 1.76. The number of amides is 2. The largest absolute Gasteiger partial charge is 0.351 e. The summed E-state index contributed by atoms with van der Waals surface area (Å²) in [4.78, 5) is 26.2. The molecule has 2 heterocycles. The Labute approximate surface area is 166 Å². The molecule has 6 nitrogen and oxygen atoms in total. The van der Waals surface area contributed by atoms with Crippen molar-refractivity contribution in [3.8, 4) is 11.3 Å². The Morgan fingerprint density at radius 1 is 1.18 bits per heavy atom. The molecule has 0 radical (unpaired) electrons. The van der Waals surface area contributed by atoms with Gasteiger partial charge in [0.25, 0.3) is 5.91 Å². The zero-order valence-corrected chi connectivity index (χ0v) is 17.3. The van der Waals surface area contributed by atoms with Crippen LogP contribution in [0.1, 0.15) is 53.4 Å². The van der Waals surface area contributed by atoms with E-state index >= 15 is 0 Å². The Morgan fingerprint density at radius 2 is 1.89 bits per heavy atom. The minimum atomic E-state index is -0.115. The second kappa shape index (κ2) is 8.59. The molecule has 1 aliphatic heterocycles. The average Bonchev–Trinajstić information content (AvgIpc) is 3.24. The molecule has 1 aliphatic rings. The quantitative estimate of drug-likeness (QED) is 0.748. The number of nitrogens with zero attached hydrogens (tertiary/aromatic N) is 3. The van der Waals surface area contributed by atoms with E-state index in [1.807, 2.05) is 17.9 Å². The summed E-state index contributed by atoms with van der Waals surface area (Å²) in [6.45, 7) is 11.0. The summed E-state index contributed by atoms with van der Waals surface area (Å²) in [7, 11) is 0. The molecule has 1 aromatic heterocycles. The first-order chi connectivity index (χ1) is 13.4. The third-order valence-corrected chi connectivity index (χ3v) is 5.31. The number of likely N-dealkylation sites (tertiary alicyclic amines) is 1. The summed E-state index contributed by atoms with van der Waals surface area (Å²) in [5.74, 6) is 0.111. The monoisotopic (exact) mass is 382 g/mol. The van der Waals surface area contributed by atoms with Gasteiger partial charge in [-0.3, -0.25) is 14.3 Å². The SMILES string of the molecule is CCn1nc(-c2c(C)cc(C)cc2C)cc1C(=O)NCCCN1CCCC1=O. The number of nitrogens with one attached hydrogen (secondary N) is 1. The third-order valence-electron chi connectivity index (χ3n) is 5.31. The van der Waals surface area contributed by atoms with E-state index in [0.717, 1.165) is 30.6 Å². The van der Waals surface area contributed by atoms with Gasteiger partial charge in [-0.2, -0.15) is 5.10 Å². The molecule has 1 saturated heterocycles. The van der Waals surface area contributed by atoms with Crippen LogP contribution in [-0.2, 0) is 11.3 Å². The standard InChI is InChI=1S/C22H30N4O2/c1-5-26-19(22(28)23-9-7-11-25-10-6-8-20(25)27)14-18(24-26)21-16(3)12-15(2)13-17(21)4/h12-14H,5-11H2,1-4H3,(H,23,28). The van der Waals surface area contributed by atoms with Crippen LogP contribution in [0.3, 0.4) is 0 Å². The molecule has 0 spiro atoms. The first-order valence-corrected chi connectivity index (χ1v) is 10.1. The van der Waals surface area contributed by atoms with E-state index in [-0.39, 0.29) is 11.8 Å². The number of carbonyl (C=O) groups excluding carboxylic acids is 2. The fraction of sp³-hybridized carbons (Fsp3) is 0.500. The van der Waals surface area contributed by atoms with E-state index in [1.165, 1.54) is 16.7 Å². The van der Waals surface area contributed by atoms with E-state index in [9.17, 15) is 9.59 Å². The van der Waals surface area contributed by atoms with Crippen molar-refractivity contribution in [2.75, 3.05) is 19.6 Å². The number of aromatic nitrogens is 2. The summed E-state index contributed by atoms with van der Waals surface area (Å²) >= 11 is 0. The van der Waals surface area contributed by atoms with Gasteiger partial charge in [0.1, 0.15) is 5.69 Å². The fourth-order valence-electron chi connectivity index (χ4n) is 4.05. The maximum Gasteiger partial charge on any atom is 0.269 e. The predicted octanol–water partition coefficient (Wildman–Crippen LogP) is 3.24. The van der Waals surface area contributed by atoms with Gasteiger partial charge in [0.2, 0.25) is 5.91 Å². The van der Waals surface area contributed by atoms with Crippen LogP contribution < -0.4 is 5.32 Å². The van der Waals surface area contributed by atoms with Gasteiger partial charge in [-0.15, -0.1) is 0 Å². The number of aryl methyl sites for hydroxylation is 4. The normalized spacial score (nSPS) is 14.0. The molecule has 6 heteroatoms. The van der Waals surface area contributed by atoms with E-state index in [2.05, 4.69) is 43.3 Å². The fourth-order valence-corrected chi connectivity index (χ4v) is 4.05. The molecule has 0 saturated carbocycles. The van der Waals surface area contributed by atoms with Crippen LogP contribution in [0.15, 0.2) is 18.2 Å². The van der Waals surface area contributed by atoms with Gasteiger partial charge in [-0.05, 0) is 57.7 Å². The van der Waals surface area contributed by atoms with Crippen molar-refractivity contribution in [3.63, 3.8) is 0 Å². The van der Waals surface area contributed by atoms with Crippen LogP contribution in [0.25, 0.3) is 11.3 Å². The number of hydrogen-bond donors (Lipinski definition) is 1. The van der Waals surface area contributed by atoms with Gasteiger partial charge in [-0.1, -0.05) is 17.7 Å². The molecular formula is C22H30N4O2. The van der Waals surface area contributed by atoms with Gasteiger partial charge < -0.3 is 10.2 Å². The van der Waals surface area contributed by atoms with Gasteiger partial charge in [0.15, 0.2) is 0 Å². The second-order valence-electron chi connectivity index (χ2n) is 7.60. The summed E-state index contributed by atoms with van der Waals surface area (Å²) in [5, 5.41) is 7.65. The van der Waals surface area contributed by atoms with E-state index in [0.29, 0.717) is 31.7 Å². The molecule has 3 rings (SSSR count). The molecule has 0 atom stereocenters. The molecule has 1 N–H and O–H groups in total. The Balaban J connectivity index is 1.68. The average molecular weight is 383 g/mol. The number of benzene rings is 1. The van der Waals surface area contributed by atoms with Gasteiger partial charge in [0, 0.05) is 38.2 Å². The van der Waals surface area contributed by atoms with Crippen molar-refractivity contribution in [2.24, 2.45) is 0 Å². The first kappa shape index (κ1) is 20.1. The number of rotatable bonds is 7. The molecule has 28 heavy (non-hydrogen) atoms. The van der Waals surface area contributed by atoms with Crippen LogP contribution >= 0.6 is 0 Å². The van der Waals surface area contributed by atoms with Crippen molar-refractivity contribution in [3.05, 3.63) is 40.6 Å². The molecule has 2 aromatic rings. The van der Waals surface area contributed by atoms with E-state index in [1.54, 1.807) is 4.68 Å². The van der Waals surface area contributed by atoms with Crippen LogP contribution in [0, 0.1) is 20.8 Å². The lowest BCUT2D eigenvalue weighted by Gasteiger charge is -2.15. The van der Waals surface area contributed by atoms with Gasteiger partial charge in [0.05, 0.1) is 5.69 Å². The summed E-state index contributed by atoms with van der Waals surface area (Å²) in [5.41, 5.74) is 6.07. The van der Waals surface area contributed by atoms with Crippen LogP contribution in [-0.4, -0.2) is 46.1 Å². The molecule has 0 unspecified atom stereocenters. The Hall–Kier alpha value is -2.63. The van der Waals surface area contributed by atoms with Crippen molar-refractivity contribution >= 4 is 11.8 Å². The van der Waals surface area contributed by atoms with Crippen molar-refractivity contribution < 1.29 is 9.59 Å². The van der Waals surface area contributed by atoms with Gasteiger partial charge in [-0.25, -0.2) is 0 Å². The predicted molar refractivity (Wildman–Crippen MR) is 110 cm³/mol. The van der Waals surface area contributed by atoms with Crippen LogP contribution in [0.2, 0.25) is 0 Å². The first-order valence-electron chi connectivity index (χ1n) is 10.1. The molecule has 0 aliphatic carbocycles. The molecule has 0 bridgehead atoms. The highest BCUT2D eigenvalue weighted by molar-refractivity contribution is 5.94. The lowest BCUT2D eigenvalue weighted by atomic mass is 9.97. The maximum absolute atomic E-state index is 12.7. The highest BCUT2D eigenvalue weighted by atomic mass is 16.2. The zero-order valence-electron chi connectivity index (χ0n) is 17.3. The summed E-state index contributed by atoms with van der Waals surface area (Å²) in [6.07, 6.45) is 2.37. The van der Waals surface area contributed by atoms with Crippen LogP contribution in [0.5, 0.6) is 0 Å². The maximum atomic E-state index is 12.7. The highest BCUT2D eigenvalue weighted by Crippen LogP contribution is 2.28. The minimum absolute atomic E-state index is 0.115. The van der Waals surface area contributed by atoms with Crippen molar-refractivity contribution in [1.82, 2.24) is 20.0 Å². The molecule has 1 fully saturated rings. The number of hydrogen-bond acceptors (Lipinski definition) is 3. The van der Waals surface area contributed by atoms with Crippen LogP contribution in [0.4, 0.5) is 0 Å². The molecule has 2 amide bonds. The van der Waals surface area contributed by atoms with Crippen molar-refractivity contribution in [1.29, 1.82) is 0 Å². The molecular weight excluding hydrogens is 352 g/mol.